The first-order chi connectivity index (χ1) is 8.97. The van der Waals surface area contributed by atoms with Gasteiger partial charge >= 0.3 is 0 Å². The zero-order valence-corrected chi connectivity index (χ0v) is 12.1. The summed E-state index contributed by atoms with van der Waals surface area (Å²) >= 11 is 3.29. The van der Waals surface area contributed by atoms with E-state index >= 15 is 0 Å². The predicted molar refractivity (Wildman–Crippen MR) is 75.8 cm³/mol. The molecule has 1 aromatic carbocycles. The summed E-state index contributed by atoms with van der Waals surface area (Å²) in [6, 6.07) is 6.25. The van der Waals surface area contributed by atoms with Gasteiger partial charge in [0.1, 0.15) is 11.6 Å². The first kappa shape index (κ1) is 13.7. The third-order valence-electron chi connectivity index (χ3n) is 2.64. The molecule has 2 aromatic rings. The summed E-state index contributed by atoms with van der Waals surface area (Å²) in [4.78, 5) is 16.1. The number of nitrogens with zero attached hydrogens (tertiary/aromatic N) is 1. The summed E-state index contributed by atoms with van der Waals surface area (Å²) in [5.74, 6) is -0.619. The second kappa shape index (κ2) is 5.48. The Morgan fingerprint density at radius 3 is 2.74 bits per heavy atom. The Labute approximate surface area is 119 Å². The third kappa shape index (κ3) is 3.17. The summed E-state index contributed by atoms with van der Waals surface area (Å²) in [5.41, 5.74) is 1.65. The number of rotatable bonds is 2. The van der Waals surface area contributed by atoms with Crippen LogP contribution in [0.5, 0.6) is 0 Å². The van der Waals surface area contributed by atoms with Crippen LogP contribution in [0.1, 0.15) is 21.5 Å². The fourth-order valence-electron chi connectivity index (χ4n) is 1.66. The Kier molecular flexibility index (Phi) is 3.95. The summed E-state index contributed by atoms with van der Waals surface area (Å²) in [5, 5.41) is 2.61. The molecule has 98 valence electrons. The molecule has 0 aliphatic heterocycles. The van der Waals surface area contributed by atoms with E-state index in [0.717, 1.165) is 15.6 Å². The topological polar surface area (TPSA) is 42.0 Å². The first-order valence-electron chi connectivity index (χ1n) is 5.67. The van der Waals surface area contributed by atoms with Crippen molar-refractivity contribution in [1.82, 2.24) is 4.98 Å². The van der Waals surface area contributed by atoms with E-state index in [1.807, 2.05) is 13.0 Å². The van der Waals surface area contributed by atoms with Gasteiger partial charge in [0.25, 0.3) is 5.91 Å². The normalized spacial score (nSPS) is 10.3. The van der Waals surface area contributed by atoms with E-state index < -0.39 is 11.7 Å². The number of nitrogens with one attached hydrogen (secondary N) is 1. The van der Waals surface area contributed by atoms with Crippen LogP contribution >= 0.6 is 15.9 Å². The van der Waals surface area contributed by atoms with Gasteiger partial charge in [0.05, 0.1) is 5.56 Å². The monoisotopic (exact) mass is 322 g/mol. The van der Waals surface area contributed by atoms with Crippen molar-refractivity contribution in [2.45, 2.75) is 13.8 Å². The van der Waals surface area contributed by atoms with Crippen LogP contribution in [0.15, 0.2) is 34.9 Å². The van der Waals surface area contributed by atoms with Crippen LogP contribution in [-0.4, -0.2) is 10.9 Å². The number of benzene rings is 1. The van der Waals surface area contributed by atoms with Crippen LogP contribution < -0.4 is 5.32 Å². The number of amides is 1. The second-order valence-corrected chi connectivity index (χ2v) is 5.17. The molecule has 0 bridgehead atoms. The molecular formula is C14H12BrFN2O. The lowest BCUT2D eigenvalue weighted by molar-refractivity contribution is 0.102. The van der Waals surface area contributed by atoms with Gasteiger partial charge in [-0.05, 0) is 53.5 Å². The van der Waals surface area contributed by atoms with E-state index in [9.17, 15) is 9.18 Å². The Morgan fingerprint density at radius 1 is 1.32 bits per heavy atom. The van der Waals surface area contributed by atoms with Gasteiger partial charge in [0.15, 0.2) is 0 Å². The Hall–Kier alpha value is -1.75. The Morgan fingerprint density at radius 2 is 2.05 bits per heavy atom. The molecule has 0 spiro atoms. The molecule has 1 amide bonds. The summed E-state index contributed by atoms with van der Waals surface area (Å²) < 4.78 is 14.4. The van der Waals surface area contributed by atoms with Crippen molar-refractivity contribution in [2.75, 3.05) is 5.32 Å². The van der Waals surface area contributed by atoms with Crippen LogP contribution in [0.4, 0.5) is 10.2 Å². The fourth-order valence-corrected chi connectivity index (χ4v) is 2.11. The summed E-state index contributed by atoms with van der Waals surface area (Å²) in [7, 11) is 0. The maximum Gasteiger partial charge on any atom is 0.259 e. The Bertz CT molecular complexity index is 643. The van der Waals surface area contributed by atoms with Crippen LogP contribution in [0.3, 0.4) is 0 Å². The highest BCUT2D eigenvalue weighted by atomic mass is 79.9. The molecule has 0 unspecified atom stereocenters. The molecule has 0 fully saturated rings. The molecule has 2 rings (SSSR count). The third-order valence-corrected chi connectivity index (χ3v) is 3.08. The second-order valence-electron chi connectivity index (χ2n) is 4.26. The van der Waals surface area contributed by atoms with E-state index in [1.54, 1.807) is 19.2 Å². The van der Waals surface area contributed by atoms with Crippen molar-refractivity contribution in [2.24, 2.45) is 0 Å². The zero-order chi connectivity index (χ0) is 14.0. The van der Waals surface area contributed by atoms with Crippen molar-refractivity contribution < 1.29 is 9.18 Å². The average molecular weight is 323 g/mol. The molecular weight excluding hydrogens is 311 g/mol. The molecule has 0 radical (unpaired) electrons. The molecule has 5 heteroatoms. The number of pyridine rings is 1. The van der Waals surface area contributed by atoms with E-state index in [0.29, 0.717) is 5.82 Å². The molecule has 0 aliphatic carbocycles. The van der Waals surface area contributed by atoms with Crippen molar-refractivity contribution in [3.05, 3.63) is 57.4 Å². The number of anilines is 1. The van der Waals surface area contributed by atoms with Gasteiger partial charge in [-0.25, -0.2) is 9.37 Å². The van der Waals surface area contributed by atoms with Gasteiger partial charge in [-0.1, -0.05) is 11.6 Å². The van der Waals surface area contributed by atoms with E-state index in [2.05, 4.69) is 26.2 Å². The predicted octanol–water partition coefficient (Wildman–Crippen LogP) is 3.85. The summed E-state index contributed by atoms with van der Waals surface area (Å²) in [6.45, 7) is 3.62. The molecule has 1 N–H and O–H groups in total. The smallest absolute Gasteiger partial charge is 0.259 e. The number of carbonyl (C=O) groups is 1. The van der Waals surface area contributed by atoms with E-state index in [1.165, 1.54) is 12.1 Å². The van der Waals surface area contributed by atoms with E-state index in [-0.39, 0.29) is 5.56 Å². The van der Waals surface area contributed by atoms with Gasteiger partial charge in [0.2, 0.25) is 0 Å². The molecule has 19 heavy (non-hydrogen) atoms. The molecule has 0 atom stereocenters. The molecule has 0 saturated heterocycles. The average Bonchev–Trinajstić information content (AvgIpc) is 2.35. The van der Waals surface area contributed by atoms with Crippen molar-refractivity contribution in [3.8, 4) is 0 Å². The molecule has 1 heterocycles. The van der Waals surface area contributed by atoms with Crippen molar-refractivity contribution in [1.29, 1.82) is 0 Å². The standard InChI is InChI=1S/C14H12BrFN2O/c1-8-3-4-12(16)11(5-8)14(19)18-13-9(2)6-10(15)7-17-13/h3-7H,1-2H3,(H,17,18,19). The molecule has 0 aliphatic rings. The number of aromatic nitrogens is 1. The number of hydrogen-bond acceptors (Lipinski definition) is 2. The highest BCUT2D eigenvalue weighted by Gasteiger charge is 2.13. The van der Waals surface area contributed by atoms with Crippen LogP contribution in [-0.2, 0) is 0 Å². The largest absolute Gasteiger partial charge is 0.306 e. The minimum absolute atomic E-state index is 0.0177. The zero-order valence-electron chi connectivity index (χ0n) is 10.5. The minimum Gasteiger partial charge on any atom is -0.306 e. The summed E-state index contributed by atoms with van der Waals surface area (Å²) in [6.07, 6.45) is 1.58. The van der Waals surface area contributed by atoms with Gasteiger partial charge in [-0.3, -0.25) is 4.79 Å². The van der Waals surface area contributed by atoms with Gasteiger partial charge in [0, 0.05) is 10.7 Å². The van der Waals surface area contributed by atoms with Crippen molar-refractivity contribution >= 4 is 27.7 Å². The maximum absolute atomic E-state index is 13.6. The number of aryl methyl sites for hydroxylation is 2. The van der Waals surface area contributed by atoms with Crippen LogP contribution in [0.25, 0.3) is 0 Å². The lowest BCUT2D eigenvalue weighted by atomic mass is 10.1. The SMILES string of the molecule is Cc1ccc(F)c(C(=O)Nc2ncc(Br)cc2C)c1. The highest BCUT2D eigenvalue weighted by Crippen LogP contribution is 2.18. The fraction of sp³-hybridized carbons (Fsp3) is 0.143. The van der Waals surface area contributed by atoms with Crippen LogP contribution in [0.2, 0.25) is 0 Å². The Balaban J connectivity index is 2.28. The van der Waals surface area contributed by atoms with Gasteiger partial charge in [-0.15, -0.1) is 0 Å². The van der Waals surface area contributed by atoms with Crippen LogP contribution in [0, 0.1) is 19.7 Å². The minimum atomic E-state index is -0.544. The van der Waals surface area contributed by atoms with Crippen molar-refractivity contribution in [3.63, 3.8) is 0 Å². The number of hydrogen-bond donors (Lipinski definition) is 1. The number of carbonyl (C=O) groups excluding carboxylic acids is 1. The van der Waals surface area contributed by atoms with Gasteiger partial charge in [-0.2, -0.15) is 0 Å². The van der Waals surface area contributed by atoms with E-state index in [4.69, 9.17) is 0 Å². The highest BCUT2D eigenvalue weighted by molar-refractivity contribution is 9.10. The number of halogens is 2. The molecule has 0 saturated carbocycles. The maximum atomic E-state index is 13.6. The first-order valence-corrected chi connectivity index (χ1v) is 6.46. The van der Waals surface area contributed by atoms with Gasteiger partial charge < -0.3 is 5.32 Å². The quantitative estimate of drug-likeness (QED) is 0.912. The molecule has 1 aromatic heterocycles. The molecule has 3 nitrogen and oxygen atoms in total. The lowest BCUT2D eigenvalue weighted by Crippen LogP contribution is -2.15. The lowest BCUT2D eigenvalue weighted by Gasteiger charge is -2.08.